The van der Waals surface area contributed by atoms with Gasteiger partial charge in [0.15, 0.2) is 0 Å². The molecule has 2 N–H and O–H groups in total. The number of hydrogen-bond donors (Lipinski definition) is 1. The molecule has 0 aliphatic rings. The number of halogens is 1. The summed E-state index contributed by atoms with van der Waals surface area (Å²) in [5.41, 5.74) is 6.56. The fourth-order valence-corrected chi connectivity index (χ4v) is 1.89. The Morgan fingerprint density at radius 1 is 1.32 bits per heavy atom. The SMILES string of the molecule is CN(CC(C)(C)CN)C(=O)CCc1ccc(F)cc1. The van der Waals surface area contributed by atoms with Crippen LogP contribution in [0.3, 0.4) is 0 Å². The van der Waals surface area contributed by atoms with Crippen molar-refractivity contribution < 1.29 is 9.18 Å². The molecular formula is C15H23FN2O. The summed E-state index contributed by atoms with van der Waals surface area (Å²) in [5, 5.41) is 0. The van der Waals surface area contributed by atoms with Crippen molar-refractivity contribution in [2.45, 2.75) is 26.7 Å². The van der Waals surface area contributed by atoms with Gasteiger partial charge in [-0.2, -0.15) is 0 Å². The summed E-state index contributed by atoms with van der Waals surface area (Å²) < 4.78 is 12.8. The van der Waals surface area contributed by atoms with Crippen LogP contribution in [0.15, 0.2) is 24.3 Å². The Kier molecular flexibility index (Phi) is 5.48. The van der Waals surface area contributed by atoms with Crippen LogP contribution in [0, 0.1) is 11.2 Å². The maximum Gasteiger partial charge on any atom is 0.222 e. The predicted molar refractivity (Wildman–Crippen MR) is 75.2 cm³/mol. The van der Waals surface area contributed by atoms with E-state index in [4.69, 9.17) is 5.73 Å². The number of nitrogens with zero attached hydrogens (tertiary/aromatic N) is 1. The Bertz CT molecular complexity index is 415. The van der Waals surface area contributed by atoms with Crippen LogP contribution in [0.2, 0.25) is 0 Å². The van der Waals surface area contributed by atoms with Crippen molar-refractivity contribution in [2.24, 2.45) is 11.1 Å². The van der Waals surface area contributed by atoms with Crippen molar-refractivity contribution in [1.82, 2.24) is 4.90 Å². The van der Waals surface area contributed by atoms with Gasteiger partial charge >= 0.3 is 0 Å². The summed E-state index contributed by atoms with van der Waals surface area (Å²) in [7, 11) is 1.80. The predicted octanol–water partition coefficient (Wildman–Crippen LogP) is 2.20. The highest BCUT2D eigenvalue weighted by atomic mass is 19.1. The summed E-state index contributed by atoms with van der Waals surface area (Å²) in [5.74, 6) is -0.164. The second kappa shape index (κ2) is 6.66. The van der Waals surface area contributed by atoms with Crippen LogP contribution in [0.4, 0.5) is 4.39 Å². The Balaban J connectivity index is 2.44. The molecule has 0 saturated carbocycles. The molecule has 0 bridgehead atoms. The smallest absolute Gasteiger partial charge is 0.222 e. The maximum atomic E-state index is 12.8. The fraction of sp³-hybridized carbons (Fsp3) is 0.533. The highest BCUT2D eigenvalue weighted by molar-refractivity contribution is 5.76. The maximum absolute atomic E-state index is 12.8. The first-order valence-corrected chi connectivity index (χ1v) is 6.52. The lowest BCUT2D eigenvalue weighted by Crippen LogP contribution is -2.39. The van der Waals surface area contributed by atoms with Crippen molar-refractivity contribution in [3.05, 3.63) is 35.6 Å². The van der Waals surface area contributed by atoms with E-state index in [0.29, 0.717) is 25.9 Å². The van der Waals surface area contributed by atoms with E-state index in [1.165, 1.54) is 12.1 Å². The highest BCUT2D eigenvalue weighted by Gasteiger charge is 2.20. The van der Waals surface area contributed by atoms with Gasteiger partial charge in [0.1, 0.15) is 5.82 Å². The van der Waals surface area contributed by atoms with Crippen LogP contribution >= 0.6 is 0 Å². The van der Waals surface area contributed by atoms with E-state index in [0.717, 1.165) is 5.56 Å². The molecule has 4 heteroatoms. The van der Waals surface area contributed by atoms with Crippen molar-refractivity contribution in [1.29, 1.82) is 0 Å². The Morgan fingerprint density at radius 2 is 1.89 bits per heavy atom. The van der Waals surface area contributed by atoms with Crippen LogP contribution in [0.5, 0.6) is 0 Å². The van der Waals surface area contributed by atoms with Gasteiger partial charge in [-0.3, -0.25) is 4.79 Å². The third-order valence-corrected chi connectivity index (χ3v) is 3.18. The third-order valence-electron chi connectivity index (χ3n) is 3.18. The monoisotopic (exact) mass is 266 g/mol. The lowest BCUT2D eigenvalue weighted by molar-refractivity contribution is -0.131. The molecule has 1 aromatic carbocycles. The van der Waals surface area contributed by atoms with Gasteiger partial charge in [-0.05, 0) is 36.1 Å². The molecule has 106 valence electrons. The lowest BCUT2D eigenvalue weighted by atomic mass is 9.93. The number of rotatable bonds is 6. The van der Waals surface area contributed by atoms with Gasteiger partial charge in [0, 0.05) is 20.0 Å². The fourth-order valence-electron chi connectivity index (χ4n) is 1.89. The quantitative estimate of drug-likeness (QED) is 0.858. The van der Waals surface area contributed by atoms with Crippen LogP contribution in [0.1, 0.15) is 25.8 Å². The second-order valence-electron chi connectivity index (χ2n) is 5.74. The molecule has 0 atom stereocenters. The normalized spacial score (nSPS) is 11.4. The van der Waals surface area contributed by atoms with E-state index >= 15 is 0 Å². The number of benzene rings is 1. The molecule has 0 aliphatic carbocycles. The average molecular weight is 266 g/mol. The van der Waals surface area contributed by atoms with Gasteiger partial charge in [0.2, 0.25) is 5.91 Å². The number of carbonyl (C=O) groups is 1. The molecule has 0 aliphatic heterocycles. The Hall–Kier alpha value is -1.42. The zero-order valence-corrected chi connectivity index (χ0v) is 11.9. The first-order valence-electron chi connectivity index (χ1n) is 6.52. The molecule has 19 heavy (non-hydrogen) atoms. The Morgan fingerprint density at radius 3 is 2.42 bits per heavy atom. The molecule has 0 spiro atoms. The van der Waals surface area contributed by atoms with Crippen LogP contribution in [-0.4, -0.2) is 30.9 Å². The topological polar surface area (TPSA) is 46.3 Å². The van der Waals surface area contributed by atoms with E-state index in [1.54, 1.807) is 24.1 Å². The molecular weight excluding hydrogens is 243 g/mol. The van der Waals surface area contributed by atoms with Crippen molar-refractivity contribution in [3.63, 3.8) is 0 Å². The molecule has 0 unspecified atom stereocenters. The van der Waals surface area contributed by atoms with Gasteiger partial charge in [0.05, 0.1) is 0 Å². The third kappa shape index (κ3) is 5.39. The van der Waals surface area contributed by atoms with E-state index < -0.39 is 0 Å². The van der Waals surface area contributed by atoms with Crippen LogP contribution in [-0.2, 0) is 11.2 Å². The summed E-state index contributed by atoms with van der Waals surface area (Å²) in [6.45, 7) is 5.27. The zero-order chi connectivity index (χ0) is 14.5. The molecule has 0 aromatic heterocycles. The molecule has 3 nitrogen and oxygen atoms in total. The van der Waals surface area contributed by atoms with E-state index in [9.17, 15) is 9.18 Å². The second-order valence-corrected chi connectivity index (χ2v) is 5.74. The molecule has 1 amide bonds. The number of carbonyl (C=O) groups excluding carboxylic acids is 1. The van der Waals surface area contributed by atoms with E-state index in [1.807, 2.05) is 13.8 Å². The lowest BCUT2D eigenvalue weighted by Gasteiger charge is -2.29. The van der Waals surface area contributed by atoms with E-state index in [-0.39, 0.29) is 17.1 Å². The van der Waals surface area contributed by atoms with Gasteiger partial charge in [0.25, 0.3) is 0 Å². The standard InChI is InChI=1S/C15H23FN2O/c1-15(2,10-17)11-18(3)14(19)9-6-12-4-7-13(16)8-5-12/h4-5,7-8H,6,9-11,17H2,1-3H3. The van der Waals surface area contributed by atoms with Crippen molar-refractivity contribution in [3.8, 4) is 0 Å². The van der Waals surface area contributed by atoms with Crippen molar-refractivity contribution >= 4 is 5.91 Å². The van der Waals surface area contributed by atoms with Gasteiger partial charge < -0.3 is 10.6 Å². The minimum atomic E-state index is -0.253. The molecule has 0 saturated heterocycles. The first-order chi connectivity index (χ1) is 8.84. The average Bonchev–Trinajstić information content (AvgIpc) is 2.37. The Labute approximate surface area is 114 Å². The van der Waals surface area contributed by atoms with Crippen LogP contribution in [0.25, 0.3) is 0 Å². The summed E-state index contributed by atoms with van der Waals surface area (Å²) >= 11 is 0. The minimum Gasteiger partial charge on any atom is -0.345 e. The number of aryl methyl sites for hydroxylation is 1. The molecule has 1 aromatic rings. The first kappa shape index (κ1) is 15.6. The number of hydrogen-bond acceptors (Lipinski definition) is 2. The largest absolute Gasteiger partial charge is 0.345 e. The van der Waals surface area contributed by atoms with Gasteiger partial charge in [-0.25, -0.2) is 4.39 Å². The highest BCUT2D eigenvalue weighted by Crippen LogP contribution is 2.15. The molecule has 0 fully saturated rings. The molecule has 1 rings (SSSR count). The number of nitrogens with two attached hydrogens (primary N) is 1. The molecule has 0 radical (unpaired) electrons. The van der Waals surface area contributed by atoms with E-state index in [2.05, 4.69) is 0 Å². The molecule has 0 heterocycles. The van der Waals surface area contributed by atoms with Crippen LogP contribution < -0.4 is 5.73 Å². The summed E-state index contributed by atoms with van der Waals surface area (Å²) in [6.07, 6.45) is 1.06. The zero-order valence-electron chi connectivity index (χ0n) is 11.9. The van der Waals surface area contributed by atoms with Gasteiger partial charge in [-0.1, -0.05) is 26.0 Å². The van der Waals surface area contributed by atoms with Gasteiger partial charge in [-0.15, -0.1) is 0 Å². The van der Waals surface area contributed by atoms with Crippen molar-refractivity contribution in [2.75, 3.05) is 20.1 Å². The minimum absolute atomic E-state index is 0.0692. The summed E-state index contributed by atoms with van der Waals surface area (Å²) in [4.78, 5) is 13.7. The summed E-state index contributed by atoms with van der Waals surface area (Å²) in [6, 6.07) is 6.26. The number of amides is 1.